The average molecular weight is 421 g/mol. The monoisotopic (exact) mass is 421 g/mol. The van der Waals surface area contributed by atoms with Crippen molar-refractivity contribution in [1.82, 2.24) is 20.8 Å². The third kappa shape index (κ3) is 6.93. The fraction of sp³-hybridized carbons (Fsp3) is 0.800. The van der Waals surface area contributed by atoms with Crippen molar-refractivity contribution in [2.45, 2.75) is 58.4 Å². The number of aryl methyl sites for hydroxylation is 1. The highest BCUT2D eigenvalue weighted by Gasteiger charge is 2.12. The molecule has 0 radical (unpaired) electrons. The molecule has 0 spiro atoms. The summed E-state index contributed by atoms with van der Waals surface area (Å²) >= 11 is 0. The van der Waals surface area contributed by atoms with Gasteiger partial charge >= 0.3 is 0 Å². The Bertz CT molecular complexity index is 443. The molecule has 1 aromatic heterocycles. The number of nitrogens with one attached hydrogen (secondary N) is 2. The van der Waals surface area contributed by atoms with E-state index in [9.17, 15) is 0 Å². The van der Waals surface area contributed by atoms with Crippen molar-refractivity contribution in [3.8, 4) is 0 Å². The summed E-state index contributed by atoms with van der Waals surface area (Å²) in [5.41, 5.74) is 0. The number of rotatable bonds is 6. The van der Waals surface area contributed by atoms with Gasteiger partial charge in [0.05, 0.1) is 6.54 Å². The van der Waals surface area contributed by atoms with Crippen LogP contribution in [0.1, 0.15) is 56.7 Å². The first-order valence-corrected chi connectivity index (χ1v) is 8.01. The number of aromatic nitrogens is 2. The van der Waals surface area contributed by atoms with Crippen molar-refractivity contribution >= 4 is 29.9 Å². The molecule has 0 saturated heterocycles. The number of halogens is 1. The maximum atomic E-state index is 4.93. The number of guanidine groups is 1. The van der Waals surface area contributed by atoms with E-state index in [1.807, 2.05) is 0 Å². The lowest BCUT2D eigenvalue weighted by Gasteiger charge is -2.21. The molecule has 1 heterocycles. The first-order chi connectivity index (χ1) is 10.3. The maximum absolute atomic E-state index is 4.93. The van der Waals surface area contributed by atoms with Crippen molar-refractivity contribution in [2.24, 2.45) is 10.9 Å². The molecule has 2 N–H and O–H groups in total. The zero-order valence-corrected chi connectivity index (χ0v) is 15.9. The first-order valence-electron chi connectivity index (χ1n) is 8.01. The third-order valence-electron chi connectivity index (χ3n) is 4.01. The normalized spacial score (nSPS) is 16.2. The smallest absolute Gasteiger partial charge is 0.223 e. The molecule has 0 unspecified atom stereocenters. The summed E-state index contributed by atoms with van der Waals surface area (Å²) in [5, 5.41) is 10.4. The van der Waals surface area contributed by atoms with Crippen LogP contribution in [0.4, 0.5) is 0 Å². The van der Waals surface area contributed by atoms with E-state index in [0.717, 1.165) is 18.4 Å². The van der Waals surface area contributed by atoms with Crippen LogP contribution in [0.2, 0.25) is 0 Å². The van der Waals surface area contributed by atoms with Crippen LogP contribution in [0, 0.1) is 12.8 Å². The molecule has 1 fully saturated rings. The Morgan fingerprint density at radius 3 is 2.68 bits per heavy atom. The van der Waals surface area contributed by atoms with Gasteiger partial charge in [0, 0.05) is 20.5 Å². The van der Waals surface area contributed by atoms with Crippen LogP contribution in [0.3, 0.4) is 0 Å². The summed E-state index contributed by atoms with van der Waals surface area (Å²) in [5.74, 6) is 2.97. The lowest BCUT2D eigenvalue weighted by atomic mass is 9.86. The number of hydrogen-bond acceptors (Lipinski definition) is 4. The van der Waals surface area contributed by atoms with Crippen molar-refractivity contribution in [1.29, 1.82) is 0 Å². The molecular weight excluding hydrogens is 393 g/mol. The third-order valence-corrected chi connectivity index (χ3v) is 4.01. The fourth-order valence-electron chi connectivity index (χ4n) is 2.87. The van der Waals surface area contributed by atoms with Gasteiger partial charge in [0.25, 0.3) is 0 Å². The molecule has 0 aliphatic heterocycles. The highest BCUT2D eigenvalue weighted by atomic mass is 127. The van der Waals surface area contributed by atoms with E-state index in [2.05, 4.69) is 25.8 Å². The highest BCUT2D eigenvalue weighted by Crippen LogP contribution is 2.26. The number of hydrogen-bond donors (Lipinski definition) is 2. The average Bonchev–Trinajstić information content (AvgIpc) is 2.93. The molecule has 1 aliphatic rings. The van der Waals surface area contributed by atoms with E-state index < -0.39 is 0 Å². The van der Waals surface area contributed by atoms with Crippen molar-refractivity contribution in [3.05, 3.63) is 11.7 Å². The van der Waals surface area contributed by atoms with E-state index in [-0.39, 0.29) is 24.0 Å². The SMILES string of the molecule is CN=C(NCCCC1CCCCC1)NCc1noc(C)n1.I. The molecule has 126 valence electrons. The summed E-state index contributed by atoms with van der Waals surface area (Å²) in [4.78, 5) is 8.35. The number of nitrogens with zero attached hydrogens (tertiary/aromatic N) is 3. The van der Waals surface area contributed by atoms with Gasteiger partial charge in [-0.2, -0.15) is 4.98 Å². The van der Waals surface area contributed by atoms with E-state index >= 15 is 0 Å². The molecular formula is C15H28IN5O. The van der Waals surface area contributed by atoms with Gasteiger partial charge < -0.3 is 15.2 Å². The first kappa shape index (κ1) is 19.2. The van der Waals surface area contributed by atoms with Gasteiger partial charge in [-0.15, -0.1) is 24.0 Å². The largest absolute Gasteiger partial charge is 0.356 e. The molecule has 0 aromatic carbocycles. The molecule has 22 heavy (non-hydrogen) atoms. The number of aliphatic imine (C=N–C) groups is 1. The minimum Gasteiger partial charge on any atom is -0.356 e. The topological polar surface area (TPSA) is 75.3 Å². The Morgan fingerprint density at radius 2 is 2.05 bits per heavy atom. The predicted molar refractivity (Wildman–Crippen MR) is 98.5 cm³/mol. The van der Waals surface area contributed by atoms with Gasteiger partial charge in [-0.1, -0.05) is 37.3 Å². The Morgan fingerprint density at radius 1 is 1.27 bits per heavy atom. The Labute approximate surface area is 149 Å². The molecule has 1 saturated carbocycles. The van der Waals surface area contributed by atoms with Gasteiger partial charge in [-0.25, -0.2) is 0 Å². The standard InChI is InChI=1S/C15H27N5O.HI/c1-12-19-14(20-21-12)11-18-15(16-2)17-10-6-9-13-7-4-3-5-8-13;/h13H,3-11H2,1-2H3,(H2,16,17,18);1H. The van der Waals surface area contributed by atoms with Crippen LogP contribution in [-0.2, 0) is 6.54 Å². The Hall–Kier alpha value is -0.860. The Kier molecular flexibility index (Phi) is 9.42. The molecule has 1 aromatic rings. The van der Waals surface area contributed by atoms with Crippen LogP contribution in [0.25, 0.3) is 0 Å². The zero-order chi connectivity index (χ0) is 14.9. The second kappa shape index (κ2) is 10.8. The van der Waals surface area contributed by atoms with E-state index in [1.165, 1.54) is 44.9 Å². The van der Waals surface area contributed by atoms with Gasteiger partial charge in [-0.3, -0.25) is 4.99 Å². The van der Waals surface area contributed by atoms with Crippen molar-refractivity contribution in [2.75, 3.05) is 13.6 Å². The summed E-state index contributed by atoms with van der Waals surface area (Å²) < 4.78 is 4.93. The summed E-state index contributed by atoms with van der Waals surface area (Å²) in [6, 6.07) is 0. The molecule has 6 nitrogen and oxygen atoms in total. The minimum absolute atomic E-state index is 0. The summed E-state index contributed by atoms with van der Waals surface area (Å²) in [6.07, 6.45) is 9.65. The molecule has 7 heteroatoms. The lowest BCUT2D eigenvalue weighted by molar-refractivity contribution is 0.332. The lowest BCUT2D eigenvalue weighted by Crippen LogP contribution is -2.37. The van der Waals surface area contributed by atoms with Crippen molar-refractivity contribution in [3.63, 3.8) is 0 Å². The zero-order valence-electron chi connectivity index (χ0n) is 13.6. The van der Waals surface area contributed by atoms with Crippen LogP contribution in [0.15, 0.2) is 9.52 Å². The predicted octanol–water partition coefficient (Wildman–Crippen LogP) is 3.02. The van der Waals surface area contributed by atoms with Crippen LogP contribution in [-0.4, -0.2) is 29.7 Å². The minimum atomic E-state index is 0. The Balaban J connectivity index is 0.00000242. The van der Waals surface area contributed by atoms with Gasteiger partial charge in [0.15, 0.2) is 11.8 Å². The van der Waals surface area contributed by atoms with Gasteiger partial charge in [0.1, 0.15) is 0 Å². The summed E-state index contributed by atoms with van der Waals surface area (Å²) in [6.45, 7) is 3.27. The van der Waals surface area contributed by atoms with E-state index in [1.54, 1.807) is 14.0 Å². The molecule has 0 bridgehead atoms. The van der Waals surface area contributed by atoms with Crippen molar-refractivity contribution < 1.29 is 4.52 Å². The maximum Gasteiger partial charge on any atom is 0.223 e. The van der Waals surface area contributed by atoms with Gasteiger partial charge in [-0.05, 0) is 18.8 Å². The molecule has 0 amide bonds. The molecule has 0 atom stereocenters. The van der Waals surface area contributed by atoms with Crippen LogP contribution < -0.4 is 10.6 Å². The second-order valence-electron chi connectivity index (χ2n) is 5.73. The molecule has 1 aliphatic carbocycles. The second-order valence-corrected chi connectivity index (χ2v) is 5.73. The summed E-state index contributed by atoms with van der Waals surface area (Å²) in [7, 11) is 1.78. The van der Waals surface area contributed by atoms with E-state index in [0.29, 0.717) is 18.3 Å². The van der Waals surface area contributed by atoms with Crippen LogP contribution >= 0.6 is 24.0 Å². The fourth-order valence-corrected chi connectivity index (χ4v) is 2.87. The quantitative estimate of drug-likeness (QED) is 0.320. The van der Waals surface area contributed by atoms with Gasteiger partial charge in [0.2, 0.25) is 5.89 Å². The highest BCUT2D eigenvalue weighted by molar-refractivity contribution is 14.0. The van der Waals surface area contributed by atoms with Crippen LogP contribution in [0.5, 0.6) is 0 Å². The molecule has 2 rings (SSSR count). The van der Waals surface area contributed by atoms with E-state index in [4.69, 9.17) is 4.52 Å².